The van der Waals surface area contributed by atoms with Crippen molar-refractivity contribution < 1.29 is 19.1 Å². The molecule has 94 valence electrons. The minimum absolute atomic E-state index is 0.174. The van der Waals surface area contributed by atoms with Gasteiger partial charge in [-0.1, -0.05) is 18.4 Å². The average Bonchev–Trinajstić information content (AvgIpc) is 3.11. The second kappa shape index (κ2) is 4.97. The van der Waals surface area contributed by atoms with Crippen LogP contribution in [-0.4, -0.2) is 35.9 Å². The largest absolute Gasteiger partial charge is 0.454 e. The third-order valence-electron chi connectivity index (χ3n) is 2.49. The van der Waals surface area contributed by atoms with E-state index >= 15 is 0 Å². The number of rotatable bonds is 2. The first-order valence-electron chi connectivity index (χ1n) is 5.37. The molecule has 0 aromatic carbocycles. The smallest absolute Gasteiger partial charge is 0.321 e. The second-order valence-electron chi connectivity index (χ2n) is 4.08. The first kappa shape index (κ1) is 12.9. The maximum Gasteiger partial charge on any atom is 0.321 e. The van der Waals surface area contributed by atoms with Crippen molar-refractivity contribution in [3.8, 4) is 11.8 Å². The highest BCUT2D eigenvalue weighted by Gasteiger charge is 2.54. The maximum atomic E-state index is 11.8. The predicted octanol–water partition coefficient (Wildman–Crippen LogP) is 0.993. The molecule has 18 heavy (non-hydrogen) atoms. The molecule has 2 aliphatic rings. The molecule has 0 N–H and O–H groups in total. The summed E-state index contributed by atoms with van der Waals surface area (Å²) in [6.45, 7) is 5.37. The monoisotopic (exact) mass is 266 g/mol. The number of epoxide rings is 1. The fourth-order valence-electron chi connectivity index (χ4n) is 1.64. The number of carbonyl (C=O) groups excluding carboxylic acids is 2. The topological polar surface area (TPSA) is 55.9 Å². The first-order chi connectivity index (χ1) is 8.52. The van der Waals surface area contributed by atoms with Gasteiger partial charge >= 0.3 is 5.97 Å². The molecule has 0 bridgehead atoms. The standard InChI is InChI=1S/C13H11ClO4/c1-7(2)3-4-8-5-9(17-10(15)6-14)12-13(18-12)11(8)16/h5,9,12-13H,1,6H2,2H3/t9-,12+,13-/m1/s1. The molecule has 1 fully saturated rings. The fourth-order valence-corrected chi connectivity index (χ4v) is 1.70. The van der Waals surface area contributed by atoms with Crippen molar-refractivity contribution in [2.45, 2.75) is 25.2 Å². The minimum Gasteiger partial charge on any atom is -0.454 e. The van der Waals surface area contributed by atoms with Crippen LogP contribution >= 0.6 is 11.6 Å². The number of halogens is 1. The van der Waals surface area contributed by atoms with Crippen molar-refractivity contribution in [3.63, 3.8) is 0 Å². The lowest BCUT2D eigenvalue weighted by atomic mass is 9.96. The van der Waals surface area contributed by atoms with Crippen LogP contribution in [0, 0.1) is 11.8 Å². The normalized spacial score (nSPS) is 28.4. The number of alkyl halides is 1. The van der Waals surface area contributed by atoms with E-state index < -0.39 is 18.2 Å². The van der Waals surface area contributed by atoms with Gasteiger partial charge < -0.3 is 9.47 Å². The van der Waals surface area contributed by atoms with Gasteiger partial charge in [0.1, 0.15) is 12.0 Å². The second-order valence-corrected chi connectivity index (χ2v) is 4.35. The Balaban J connectivity index is 2.18. The lowest BCUT2D eigenvalue weighted by Gasteiger charge is -2.14. The van der Waals surface area contributed by atoms with Gasteiger partial charge in [0, 0.05) is 0 Å². The molecule has 5 heteroatoms. The molecule has 0 radical (unpaired) electrons. The van der Waals surface area contributed by atoms with Gasteiger partial charge in [-0.3, -0.25) is 9.59 Å². The van der Waals surface area contributed by atoms with Gasteiger partial charge in [-0.25, -0.2) is 0 Å². The number of ether oxygens (including phenoxy) is 2. The molecule has 1 aliphatic carbocycles. The van der Waals surface area contributed by atoms with E-state index in [1.165, 1.54) is 6.08 Å². The van der Waals surface area contributed by atoms with E-state index in [1.807, 2.05) is 0 Å². The van der Waals surface area contributed by atoms with Crippen LogP contribution in [0.1, 0.15) is 6.92 Å². The molecule has 4 nitrogen and oxygen atoms in total. The molecular formula is C13H11ClO4. The zero-order valence-electron chi connectivity index (χ0n) is 9.73. The Morgan fingerprint density at radius 3 is 3.00 bits per heavy atom. The van der Waals surface area contributed by atoms with Crippen molar-refractivity contribution in [3.05, 3.63) is 23.8 Å². The quantitative estimate of drug-likeness (QED) is 0.324. The molecule has 3 atom stereocenters. The van der Waals surface area contributed by atoms with Crippen molar-refractivity contribution in [2.75, 3.05) is 5.88 Å². The molecule has 1 saturated heterocycles. The summed E-state index contributed by atoms with van der Waals surface area (Å²) in [6.07, 6.45) is -0.0115. The van der Waals surface area contributed by atoms with Gasteiger partial charge in [0.25, 0.3) is 0 Å². The highest BCUT2D eigenvalue weighted by molar-refractivity contribution is 6.26. The number of Topliss-reactive ketones (excluding diaryl/α,β-unsaturated/α-hetero) is 1. The number of hydrogen-bond donors (Lipinski definition) is 0. The van der Waals surface area contributed by atoms with Crippen LogP contribution in [-0.2, 0) is 19.1 Å². The summed E-state index contributed by atoms with van der Waals surface area (Å²) >= 11 is 5.36. The first-order valence-corrected chi connectivity index (χ1v) is 5.91. The zero-order valence-corrected chi connectivity index (χ0v) is 10.5. The number of hydrogen-bond acceptors (Lipinski definition) is 4. The summed E-state index contributed by atoms with van der Waals surface area (Å²) in [4.78, 5) is 22.9. The molecule has 0 spiro atoms. The summed E-state index contributed by atoms with van der Waals surface area (Å²) in [5, 5.41) is 0. The molecular weight excluding hydrogens is 256 g/mol. The highest BCUT2D eigenvalue weighted by atomic mass is 35.5. The summed E-state index contributed by atoms with van der Waals surface area (Å²) in [5.41, 5.74) is 0.945. The van der Waals surface area contributed by atoms with E-state index in [2.05, 4.69) is 18.4 Å². The van der Waals surface area contributed by atoms with E-state index in [0.29, 0.717) is 11.1 Å². The average molecular weight is 267 g/mol. The molecule has 2 rings (SSSR count). The lowest BCUT2D eigenvalue weighted by Crippen LogP contribution is -2.31. The third kappa shape index (κ3) is 2.63. The van der Waals surface area contributed by atoms with E-state index in [-0.39, 0.29) is 17.8 Å². The maximum absolute atomic E-state index is 11.8. The summed E-state index contributed by atoms with van der Waals surface area (Å²) < 4.78 is 10.2. The highest BCUT2D eigenvalue weighted by Crippen LogP contribution is 2.35. The predicted molar refractivity (Wildman–Crippen MR) is 64.9 cm³/mol. The Morgan fingerprint density at radius 1 is 1.67 bits per heavy atom. The van der Waals surface area contributed by atoms with Gasteiger partial charge in [0.15, 0.2) is 12.2 Å². The lowest BCUT2D eigenvalue weighted by molar-refractivity contribution is -0.144. The zero-order chi connectivity index (χ0) is 13.3. The Morgan fingerprint density at radius 2 is 2.39 bits per heavy atom. The number of fused-ring (bicyclic) bond motifs is 1. The molecule has 0 aromatic heterocycles. The van der Waals surface area contributed by atoms with Gasteiger partial charge in [-0.05, 0) is 18.6 Å². The molecule has 0 unspecified atom stereocenters. The van der Waals surface area contributed by atoms with Crippen molar-refractivity contribution in [1.82, 2.24) is 0 Å². The number of esters is 1. The summed E-state index contributed by atoms with van der Waals surface area (Å²) in [6, 6.07) is 0. The van der Waals surface area contributed by atoms with E-state index in [0.717, 1.165) is 0 Å². The van der Waals surface area contributed by atoms with Crippen LogP contribution in [0.25, 0.3) is 0 Å². The van der Waals surface area contributed by atoms with E-state index in [4.69, 9.17) is 21.1 Å². The minimum atomic E-state index is -0.589. The molecule has 1 heterocycles. The molecule has 0 aromatic rings. The molecule has 0 amide bonds. The van der Waals surface area contributed by atoms with Gasteiger partial charge in [0.2, 0.25) is 5.78 Å². The Labute approximate surface area is 110 Å². The van der Waals surface area contributed by atoms with E-state index in [9.17, 15) is 9.59 Å². The van der Waals surface area contributed by atoms with Crippen LogP contribution in [0.5, 0.6) is 0 Å². The van der Waals surface area contributed by atoms with Crippen molar-refractivity contribution in [2.24, 2.45) is 0 Å². The van der Waals surface area contributed by atoms with Gasteiger partial charge in [0.05, 0.1) is 5.57 Å². The Bertz CT molecular complexity index is 509. The number of carbonyl (C=O) groups is 2. The fraction of sp³-hybridized carbons (Fsp3) is 0.385. The van der Waals surface area contributed by atoms with Crippen LogP contribution < -0.4 is 0 Å². The van der Waals surface area contributed by atoms with Crippen LogP contribution in [0.15, 0.2) is 23.8 Å². The third-order valence-corrected chi connectivity index (χ3v) is 2.71. The number of ketones is 1. The summed E-state index contributed by atoms with van der Waals surface area (Å²) in [5.74, 6) is 4.47. The SMILES string of the molecule is C=C(C)C#CC1=C[C@@H](OC(=O)CCl)[C@@H]2O[C@@H]2C1=O. The van der Waals surface area contributed by atoms with Gasteiger partial charge in [-0.15, -0.1) is 11.6 Å². The Hall–Kier alpha value is -1.57. The van der Waals surface area contributed by atoms with Crippen LogP contribution in [0.4, 0.5) is 0 Å². The Kier molecular flexibility index (Phi) is 3.55. The van der Waals surface area contributed by atoms with Crippen LogP contribution in [0.2, 0.25) is 0 Å². The van der Waals surface area contributed by atoms with E-state index in [1.54, 1.807) is 6.92 Å². The van der Waals surface area contributed by atoms with Crippen molar-refractivity contribution in [1.29, 1.82) is 0 Å². The number of allylic oxidation sites excluding steroid dienone is 1. The molecule has 1 aliphatic heterocycles. The molecule has 0 saturated carbocycles. The van der Waals surface area contributed by atoms with Crippen molar-refractivity contribution >= 4 is 23.4 Å². The summed E-state index contributed by atoms with van der Waals surface area (Å²) in [7, 11) is 0. The van der Waals surface area contributed by atoms with Gasteiger partial charge in [-0.2, -0.15) is 0 Å². The van der Waals surface area contributed by atoms with Crippen LogP contribution in [0.3, 0.4) is 0 Å².